The molecule has 0 saturated heterocycles. The lowest BCUT2D eigenvalue weighted by Crippen LogP contribution is -2.29. The molecule has 5 nitrogen and oxygen atoms in total. The molecule has 0 aliphatic rings. The normalized spacial score (nSPS) is 11.0. The minimum absolute atomic E-state index is 0.169. The van der Waals surface area contributed by atoms with E-state index in [2.05, 4.69) is 0 Å². The lowest BCUT2D eigenvalue weighted by molar-refractivity contribution is 0.0701. The Hall–Kier alpha value is -2.99. The molecule has 3 heterocycles. The van der Waals surface area contributed by atoms with E-state index in [1.54, 1.807) is 41.9 Å². The number of nitrogens with zero attached hydrogens (tertiary/aromatic N) is 1. The molecule has 1 amide bonds. The Kier molecular flexibility index (Phi) is 4.50. The Balaban J connectivity index is 1.67. The Morgan fingerprint density at radius 3 is 2.85 bits per heavy atom. The number of carbonyl (C=O) groups excluding carboxylic acids is 1. The van der Waals surface area contributed by atoms with Crippen molar-refractivity contribution in [1.29, 1.82) is 0 Å². The van der Waals surface area contributed by atoms with E-state index in [1.165, 1.54) is 0 Å². The smallest absolute Gasteiger partial charge is 0.290 e. The summed E-state index contributed by atoms with van der Waals surface area (Å²) in [5.41, 5.74) is 1.52. The molecule has 0 unspecified atom stereocenters. The number of rotatable bonds is 6. The summed E-state index contributed by atoms with van der Waals surface area (Å²) in [6, 6.07) is 13.2. The van der Waals surface area contributed by atoms with Crippen LogP contribution in [0.4, 0.5) is 0 Å². The highest BCUT2D eigenvalue weighted by Crippen LogP contribution is 2.29. The van der Waals surface area contributed by atoms with Crippen LogP contribution in [0, 0.1) is 0 Å². The van der Waals surface area contributed by atoms with Gasteiger partial charge in [0.15, 0.2) is 17.1 Å². The Labute approximate surface area is 154 Å². The number of carbonyl (C=O) groups is 1. The molecule has 0 N–H and O–H groups in total. The van der Waals surface area contributed by atoms with E-state index >= 15 is 0 Å². The fourth-order valence-electron chi connectivity index (χ4n) is 2.85. The second kappa shape index (κ2) is 7.09. The molecule has 4 rings (SSSR count). The molecule has 6 heteroatoms. The van der Waals surface area contributed by atoms with E-state index in [0.29, 0.717) is 30.2 Å². The lowest BCUT2D eigenvalue weighted by atomic mass is 10.2. The highest BCUT2D eigenvalue weighted by Gasteiger charge is 2.22. The van der Waals surface area contributed by atoms with E-state index in [0.717, 1.165) is 15.8 Å². The Bertz CT molecular complexity index is 966. The van der Waals surface area contributed by atoms with Gasteiger partial charge in [-0.05, 0) is 29.6 Å². The SMILES string of the molecule is COc1cccc2cc(C(=O)N(Cc3ccoc3)Cc3cccs3)oc12. The van der Waals surface area contributed by atoms with Gasteiger partial charge in [0.05, 0.1) is 26.2 Å². The van der Waals surface area contributed by atoms with Crippen molar-refractivity contribution in [3.05, 3.63) is 76.6 Å². The van der Waals surface area contributed by atoms with Crippen LogP contribution in [0.2, 0.25) is 0 Å². The first-order valence-corrected chi connectivity index (χ1v) is 9.02. The zero-order valence-electron chi connectivity index (χ0n) is 14.2. The first kappa shape index (κ1) is 16.5. The maximum atomic E-state index is 13.1. The molecule has 0 aliphatic heterocycles. The van der Waals surface area contributed by atoms with Crippen LogP contribution in [-0.2, 0) is 13.1 Å². The molecule has 0 radical (unpaired) electrons. The van der Waals surface area contributed by atoms with E-state index in [1.807, 2.05) is 41.8 Å². The van der Waals surface area contributed by atoms with Crippen molar-refractivity contribution >= 4 is 28.2 Å². The van der Waals surface area contributed by atoms with Gasteiger partial charge in [-0.25, -0.2) is 0 Å². The average molecular weight is 367 g/mol. The third-order valence-electron chi connectivity index (χ3n) is 4.11. The van der Waals surface area contributed by atoms with Gasteiger partial charge in [-0.2, -0.15) is 0 Å². The fraction of sp³-hybridized carbons (Fsp3) is 0.150. The van der Waals surface area contributed by atoms with E-state index in [4.69, 9.17) is 13.6 Å². The first-order valence-electron chi connectivity index (χ1n) is 8.14. The van der Waals surface area contributed by atoms with Crippen LogP contribution >= 0.6 is 11.3 Å². The van der Waals surface area contributed by atoms with Crippen molar-refractivity contribution in [2.45, 2.75) is 13.1 Å². The Morgan fingerprint density at radius 2 is 2.12 bits per heavy atom. The summed E-state index contributed by atoms with van der Waals surface area (Å²) in [5, 5.41) is 2.84. The molecule has 0 bridgehead atoms. The minimum Gasteiger partial charge on any atom is -0.493 e. The molecule has 1 aromatic carbocycles. The highest BCUT2D eigenvalue weighted by molar-refractivity contribution is 7.09. The summed E-state index contributed by atoms with van der Waals surface area (Å²) in [7, 11) is 1.58. The summed E-state index contributed by atoms with van der Waals surface area (Å²) in [6.45, 7) is 0.956. The van der Waals surface area contributed by atoms with E-state index in [9.17, 15) is 4.79 Å². The molecule has 3 aromatic heterocycles. The standard InChI is InChI=1S/C20H17NO4S/c1-23-17-6-2-4-15-10-18(25-19(15)17)20(22)21(11-14-7-8-24-13-14)12-16-5-3-9-26-16/h2-10,13H,11-12H2,1H3. The number of amides is 1. The molecule has 0 aliphatic carbocycles. The molecular weight excluding hydrogens is 350 g/mol. The van der Waals surface area contributed by atoms with Crippen molar-refractivity contribution in [2.24, 2.45) is 0 Å². The van der Waals surface area contributed by atoms with Crippen molar-refractivity contribution in [3.63, 3.8) is 0 Å². The van der Waals surface area contributed by atoms with Gasteiger partial charge in [-0.1, -0.05) is 18.2 Å². The lowest BCUT2D eigenvalue weighted by Gasteiger charge is -2.20. The number of fused-ring (bicyclic) bond motifs is 1. The second-order valence-electron chi connectivity index (χ2n) is 5.86. The fourth-order valence-corrected chi connectivity index (χ4v) is 3.57. The average Bonchev–Trinajstić information content (AvgIpc) is 3.41. The van der Waals surface area contributed by atoms with Gasteiger partial charge in [0, 0.05) is 22.4 Å². The van der Waals surface area contributed by atoms with Gasteiger partial charge in [0.25, 0.3) is 5.91 Å². The number of benzene rings is 1. The maximum Gasteiger partial charge on any atom is 0.290 e. The number of furan rings is 2. The predicted molar refractivity (Wildman–Crippen MR) is 99.4 cm³/mol. The molecule has 0 fully saturated rings. The van der Waals surface area contributed by atoms with E-state index in [-0.39, 0.29) is 5.91 Å². The number of hydrogen-bond acceptors (Lipinski definition) is 5. The number of para-hydroxylation sites is 1. The van der Waals surface area contributed by atoms with E-state index < -0.39 is 0 Å². The summed E-state index contributed by atoms with van der Waals surface area (Å²) >= 11 is 1.62. The Morgan fingerprint density at radius 1 is 1.19 bits per heavy atom. The van der Waals surface area contributed by atoms with Gasteiger partial charge in [-0.15, -0.1) is 11.3 Å². The summed E-state index contributed by atoms with van der Waals surface area (Å²) in [6.07, 6.45) is 3.26. The zero-order chi connectivity index (χ0) is 17.9. The number of hydrogen-bond donors (Lipinski definition) is 0. The highest BCUT2D eigenvalue weighted by atomic mass is 32.1. The van der Waals surface area contributed by atoms with Crippen LogP contribution in [0.15, 0.2) is 69.2 Å². The third-order valence-corrected chi connectivity index (χ3v) is 4.97. The van der Waals surface area contributed by atoms with Crippen LogP contribution in [0.5, 0.6) is 5.75 Å². The molecular formula is C20H17NO4S. The molecule has 26 heavy (non-hydrogen) atoms. The molecule has 0 saturated carbocycles. The van der Waals surface area contributed by atoms with Gasteiger partial charge >= 0.3 is 0 Å². The number of ether oxygens (including phenoxy) is 1. The van der Waals surface area contributed by atoms with Crippen LogP contribution in [0.3, 0.4) is 0 Å². The summed E-state index contributed by atoms with van der Waals surface area (Å²) in [5.74, 6) is 0.739. The predicted octanol–water partition coefficient (Wildman–Crippen LogP) is 4.94. The van der Waals surface area contributed by atoms with Gasteiger partial charge in [0.1, 0.15) is 0 Å². The number of methoxy groups -OCH3 is 1. The topological polar surface area (TPSA) is 55.8 Å². The van der Waals surface area contributed by atoms with Crippen molar-refractivity contribution < 1.29 is 18.4 Å². The van der Waals surface area contributed by atoms with Crippen molar-refractivity contribution in [1.82, 2.24) is 4.90 Å². The summed E-state index contributed by atoms with van der Waals surface area (Å²) in [4.78, 5) is 16.0. The largest absolute Gasteiger partial charge is 0.493 e. The molecule has 0 atom stereocenters. The first-order chi connectivity index (χ1) is 12.7. The molecule has 4 aromatic rings. The van der Waals surface area contributed by atoms with Gasteiger partial charge in [-0.3, -0.25) is 4.79 Å². The maximum absolute atomic E-state index is 13.1. The molecule has 132 valence electrons. The summed E-state index contributed by atoms with van der Waals surface area (Å²) < 4.78 is 16.3. The van der Waals surface area contributed by atoms with Crippen LogP contribution in [-0.4, -0.2) is 17.9 Å². The van der Waals surface area contributed by atoms with Crippen LogP contribution in [0.25, 0.3) is 11.0 Å². The number of thiophene rings is 1. The quantitative estimate of drug-likeness (QED) is 0.484. The molecule has 0 spiro atoms. The second-order valence-corrected chi connectivity index (χ2v) is 6.89. The minimum atomic E-state index is -0.169. The van der Waals surface area contributed by atoms with Crippen LogP contribution < -0.4 is 4.74 Å². The van der Waals surface area contributed by atoms with Crippen molar-refractivity contribution in [3.8, 4) is 5.75 Å². The third kappa shape index (κ3) is 3.23. The van der Waals surface area contributed by atoms with Crippen LogP contribution in [0.1, 0.15) is 21.0 Å². The zero-order valence-corrected chi connectivity index (χ0v) is 15.0. The van der Waals surface area contributed by atoms with Gasteiger partial charge in [0.2, 0.25) is 0 Å². The van der Waals surface area contributed by atoms with Crippen molar-refractivity contribution in [2.75, 3.05) is 7.11 Å². The van der Waals surface area contributed by atoms with Gasteiger partial charge < -0.3 is 18.5 Å². The monoisotopic (exact) mass is 367 g/mol.